The van der Waals surface area contributed by atoms with Crippen LogP contribution in [0.1, 0.15) is 28.8 Å². The molecular weight excluding hydrogens is 452 g/mol. The van der Waals surface area contributed by atoms with Crippen LogP contribution in [0, 0.1) is 5.92 Å². The van der Waals surface area contributed by atoms with Crippen LogP contribution in [0.25, 0.3) is 11.3 Å². The highest BCUT2D eigenvalue weighted by atomic mass is 35.5. The molecule has 7 nitrogen and oxygen atoms in total. The van der Waals surface area contributed by atoms with E-state index < -0.39 is 0 Å². The Kier molecular flexibility index (Phi) is 6.92. The first-order valence-corrected chi connectivity index (χ1v) is 12.0. The van der Waals surface area contributed by atoms with Gasteiger partial charge in [-0.3, -0.25) is 4.79 Å². The van der Waals surface area contributed by atoms with Gasteiger partial charge in [-0.2, -0.15) is 10.2 Å². The van der Waals surface area contributed by atoms with Crippen molar-refractivity contribution in [2.45, 2.75) is 19.4 Å². The van der Waals surface area contributed by atoms with Crippen LogP contribution in [0.15, 0.2) is 54.7 Å². The molecule has 1 N–H and O–H groups in total. The fraction of sp³-hybridized carbons (Fsp3) is 0.346. The van der Waals surface area contributed by atoms with Crippen LogP contribution in [0.5, 0.6) is 5.75 Å². The van der Waals surface area contributed by atoms with E-state index >= 15 is 0 Å². The number of ether oxygens (including phenoxy) is 2. The molecule has 1 saturated carbocycles. The molecule has 2 aliphatic rings. The van der Waals surface area contributed by atoms with Crippen LogP contribution in [0.4, 0.5) is 5.69 Å². The Morgan fingerprint density at radius 3 is 2.76 bits per heavy atom. The zero-order valence-corrected chi connectivity index (χ0v) is 19.6. The molecule has 5 rings (SSSR count). The second-order valence-electron chi connectivity index (χ2n) is 8.64. The third-order valence-corrected chi connectivity index (χ3v) is 6.39. The summed E-state index contributed by atoms with van der Waals surface area (Å²) in [6.07, 6.45) is 3.92. The molecule has 2 fully saturated rings. The molecule has 0 radical (unpaired) electrons. The molecule has 2 aromatic carbocycles. The van der Waals surface area contributed by atoms with Gasteiger partial charge in [-0.25, -0.2) is 0 Å². The molecule has 0 unspecified atom stereocenters. The van der Waals surface area contributed by atoms with E-state index in [1.54, 1.807) is 12.1 Å². The minimum Gasteiger partial charge on any atom is -0.492 e. The lowest BCUT2D eigenvalue weighted by Crippen LogP contribution is -2.37. The summed E-state index contributed by atoms with van der Waals surface area (Å²) >= 11 is 6.42. The molecule has 1 saturated heterocycles. The summed E-state index contributed by atoms with van der Waals surface area (Å²) in [4.78, 5) is 15.2. The number of para-hydroxylation sites is 1. The molecule has 1 amide bonds. The van der Waals surface area contributed by atoms with Gasteiger partial charge in [0.15, 0.2) is 0 Å². The van der Waals surface area contributed by atoms with Crippen molar-refractivity contribution in [1.82, 2.24) is 15.5 Å². The maximum atomic E-state index is 12.9. The smallest absolute Gasteiger partial charge is 0.253 e. The van der Waals surface area contributed by atoms with E-state index in [9.17, 15) is 4.79 Å². The molecule has 2 heterocycles. The standard InChI is InChI=1S/C26H27ClN4O3/c27-22-13-19(7-8-25(22)34-17-18-5-6-18)23-14-21(16-29-30-23)26(32)28-15-20-3-1-2-4-24(20)31-9-11-33-12-10-31/h1-4,7-8,13-14,16,18H,5-6,9-12,15,17H2,(H,28,32). The van der Waals surface area contributed by atoms with Crippen molar-refractivity contribution in [3.05, 3.63) is 70.9 Å². The Morgan fingerprint density at radius 1 is 1.15 bits per heavy atom. The number of hydrogen-bond donors (Lipinski definition) is 1. The minimum atomic E-state index is -0.205. The maximum absolute atomic E-state index is 12.9. The average molecular weight is 479 g/mol. The largest absolute Gasteiger partial charge is 0.492 e. The predicted octanol–water partition coefficient (Wildman–Crippen LogP) is 4.35. The van der Waals surface area contributed by atoms with E-state index in [4.69, 9.17) is 21.1 Å². The normalized spacial score (nSPS) is 15.7. The Bertz CT molecular complexity index is 1160. The molecule has 0 atom stereocenters. The lowest BCUT2D eigenvalue weighted by molar-refractivity contribution is 0.0950. The zero-order chi connectivity index (χ0) is 23.3. The molecule has 1 aliphatic heterocycles. The van der Waals surface area contributed by atoms with E-state index in [2.05, 4.69) is 26.5 Å². The van der Waals surface area contributed by atoms with E-state index in [0.717, 1.165) is 29.9 Å². The van der Waals surface area contributed by atoms with Gasteiger partial charge in [0.1, 0.15) is 5.75 Å². The van der Waals surface area contributed by atoms with Crippen molar-refractivity contribution in [3.63, 3.8) is 0 Å². The Morgan fingerprint density at radius 2 is 1.97 bits per heavy atom. The lowest BCUT2D eigenvalue weighted by atomic mass is 10.1. The number of rotatable bonds is 8. The van der Waals surface area contributed by atoms with Gasteiger partial charge < -0.3 is 19.7 Å². The number of amides is 1. The molecule has 176 valence electrons. The third kappa shape index (κ3) is 5.48. The van der Waals surface area contributed by atoms with Crippen LogP contribution in [0.2, 0.25) is 5.02 Å². The van der Waals surface area contributed by atoms with Crippen molar-refractivity contribution in [3.8, 4) is 17.0 Å². The molecule has 3 aromatic rings. The number of benzene rings is 2. The highest BCUT2D eigenvalue weighted by molar-refractivity contribution is 6.32. The van der Waals surface area contributed by atoms with Gasteiger partial charge in [0, 0.05) is 30.9 Å². The third-order valence-electron chi connectivity index (χ3n) is 6.10. The number of carbonyl (C=O) groups is 1. The van der Waals surface area contributed by atoms with Gasteiger partial charge in [-0.15, -0.1) is 0 Å². The van der Waals surface area contributed by atoms with E-state index in [-0.39, 0.29) is 5.91 Å². The topological polar surface area (TPSA) is 76.6 Å². The number of halogens is 1. The monoisotopic (exact) mass is 478 g/mol. The molecule has 1 aliphatic carbocycles. The summed E-state index contributed by atoms with van der Waals surface area (Å²) < 4.78 is 11.3. The number of nitrogens with zero attached hydrogens (tertiary/aromatic N) is 3. The van der Waals surface area contributed by atoms with Crippen LogP contribution in [-0.2, 0) is 11.3 Å². The van der Waals surface area contributed by atoms with E-state index in [1.165, 1.54) is 19.0 Å². The highest BCUT2D eigenvalue weighted by Gasteiger charge is 2.22. The fourth-order valence-corrected chi connectivity index (χ4v) is 4.19. The second-order valence-corrected chi connectivity index (χ2v) is 9.05. The summed E-state index contributed by atoms with van der Waals surface area (Å²) in [6, 6.07) is 15.4. The maximum Gasteiger partial charge on any atom is 0.253 e. The first kappa shape index (κ1) is 22.6. The van der Waals surface area contributed by atoms with Crippen LogP contribution >= 0.6 is 11.6 Å². The first-order chi connectivity index (χ1) is 16.7. The summed E-state index contributed by atoms with van der Waals surface area (Å²) in [7, 11) is 0. The number of morpholine rings is 1. The van der Waals surface area contributed by atoms with Crippen molar-refractivity contribution in [2.24, 2.45) is 5.92 Å². The summed E-state index contributed by atoms with van der Waals surface area (Å²) in [5.74, 6) is 1.11. The number of anilines is 1. The molecule has 8 heteroatoms. The van der Waals surface area contributed by atoms with Crippen LogP contribution in [-0.4, -0.2) is 49.0 Å². The summed E-state index contributed by atoms with van der Waals surface area (Å²) in [6.45, 7) is 4.23. The molecule has 1 aromatic heterocycles. The van der Waals surface area contributed by atoms with E-state index in [1.807, 2.05) is 30.3 Å². The number of hydrogen-bond acceptors (Lipinski definition) is 6. The predicted molar refractivity (Wildman–Crippen MR) is 131 cm³/mol. The summed E-state index contributed by atoms with van der Waals surface area (Å²) in [5, 5.41) is 11.8. The minimum absolute atomic E-state index is 0.205. The fourth-order valence-electron chi connectivity index (χ4n) is 3.95. The number of nitrogens with one attached hydrogen (secondary N) is 1. The van der Waals surface area contributed by atoms with Crippen molar-refractivity contribution < 1.29 is 14.3 Å². The molecular formula is C26H27ClN4O3. The quantitative estimate of drug-likeness (QED) is 0.518. The number of carbonyl (C=O) groups excluding carboxylic acids is 1. The van der Waals surface area contributed by atoms with Gasteiger partial charge in [-0.1, -0.05) is 29.8 Å². The van der Waals surface area contributed by atoms with Gasteiger partial charge in [0.05, 0.1) is 42.3 Å². The Hall–Kier alpha value is -3.16. The van der Waals surface area contributed by atoms with Crippen molar-refractivity contribution in [2.75, 3.05) is 37.8 Å². The van der Waals surface area contributed by atoms with Gasteiger partial charge in [-0.05, 0) is 54.7 Å². The SMILES string of the molecule is O=C(NCc1ccccc1N1CCOCC1)c1cnnc(-c2ccc(OCC3CC3)c(Cl)c2)c1. The molecule has 0 bridgehead atoms. The van der Waals surface area contributed by atoms with Crippen LogP contribution < -0.4 is 15.0 Å². The zero-order valence-electron chi connectivity index (χ0n) is 18.9. The van der Waals surface area contributed by atoms with E-state index in [0.29, 0.717) is 54.3 Å². The number of aromatic nitrogens is 2. The van der Waals surface area contributed by atoms with Gasteiger partial charge >= 0.3 is 0 Å². The lowest BCUT2D eigenvalue weighted by Gasteiger charge is -2.30. The van der Waals surface area contributed by atoms with Gasteiger partial charge in [0.2, 0.25) is 0 Å². The molecule has 34 heavy (non-hydrogen) atoms. The Balaban J connectivity index is 1.26. The first-order valence-electron chi connectivity index (χ1n) is 11.6. The highest BCUT2D eigenvalue weighted by Crippen LogP contribution is 2.33. The van der Waals surface area contributed by atoms with Crippen LogP contribution in [0.3, 0.4) is 0 Å². The Labute approximate surface area is 204 Å². The van der Waals surface area contributed by atoms with Crippen molar-refractivity contribution in [1.29, 1.82) is 0 Å². The van der Waals surface area contributed by atoms with Crippen molar-refractivity contribution >= 4 is 23.2 Å². The average Bonchev–Trinajstić information content (AvgIpc) is 3.72. The summed E-state index contributed by atoms with van der Waals surface area (Å²) in [5.41, 5.74) is 3.99. The molecule has 0 spiro atoms. The van der Waals surface area contributed by atoms with Gasteiger partial charge in [0.25, 0.3) is 5.91 Å². The second kappa shape index (κ2) is 10.4.